The zero-order valence-electron chi connectivity index (χ0n) is 22.1. The van der Waals surface area contributed by atoms with Gasteiger partial charge in [-0.2, -0.15) is 0 Å². The number of oxazole rings is 1. The summed E-state index contributed by atoms with van der Waals surface area (Å²) in [4.78, 5) is 23.8. The van der Waals surface area contributed by atoms with Crippen molar-refractivity contribution in [2.75, 3.05) is 26.0 Å². The van der Waals surface area contributed by atoms with Crippen molar-refractivity contribution in [3.05, 3.63) is 84.3 Å². The molecule has 5 aromatic rings. The first-order valence-corrected chi connectivity index (χ1v) is 12.3. The molecule has 2 aromatic heterocycles. The Labute approximate surface area is 225 Å². The minimum Gasteiger partial charge on any atom is -0.455 e. The summed E-state index contributed by atoms with van der Waals surface area (Å²) in [5.41, 5.74) is 5.52. The van der Waals surface area contributed by atoms with Crippen molar-refractivity contribution in [3.8, 4) is 33.9 Å². The molecule has 0 atom stereocenters. The molecule has 0 aliphatic carbocycles. The lowest BCUT2D eigenvalue weighted by molar-refractivity contribution is 0.0964. The average Bonchev–Trinajstić information content (AvgIpc) is 3.53. The van der Waals surface area contributed by atoms with Gasteiger partial charge in [0.15, 0.2) is 0 Å². The first-order chi connectivity index (χ1) is 18.8. The molecule has 7 nitrogen and oxygen atoms in total. The van der Waals surface area contributed by atoms with E-state index < -0.39 is 0 Å². The Balaban J connectivity index is 1.72. The normalized spacial score (nSPS) is 11.3. The highest BCUT2D eigenvalue weighted by molar-refractivity contribution is 6.12. The van der Waals surface area contributed by atoms with E-state index in [1.807, 2.05) is 55.4 Å². The minimum atomic E-state index is -0.367. The number of rotatable bonds is 7. The van der Waals surface area contributed by atoms with Gasteiger partial charge in [0.05, 0.1) is 5.56 Å². The highest BCUT2D eigenvalue weighted by Crippen LogP contribution is 2.41. The molecule has 196 valence electrons. The van der Waals surface area contributed by atoms with E-state index in [2.05, 4.69) is 21.9 Å². The van der Waals surface area contributed by atoms with Crippen molar-refractivity contribution < 1.29 is 18.0 Å². The van der Waals surface area contributed by atoms with Crippen LogP contribution >= 0.6 is 0 Å². The molecular formula is C31H27FN4O3. The van der Waals surface area contributed by atoms with Gasteiger partial charge < -0.3 is 19.1 Å². The minimum absolute atomic E-state index is 0.300. The van der Waals surface area contributed by atoms with E-state index in [1.165, 1.54) is 12.1 Å². The summed E-state index contributed by atoms with van der Waals surface area (Å²) in [6.07, 6.45) is 3.25. The van der Waals surface area contributed by atoms with Gasteiger partial charge in [0.25, 0.3) is 5.91 Å². The van der Waals surface area contributed by atoms with E-state index in [0.717, 1.165) is 22.4 Å². The average molecular weight is 523 g/mol. The van der Waals surface area contributed by atoms with Crippen LogP contribution in [0.5, 0.6) is 0 Å². The number of aliphatic imine (C=N–C) groups is 1. The first kappa shape index (κ1) is 25.7. The molecule has 3 aromatic carbocycles. The number of fused-ring (bicyclic) bond motifs is 1. The molecule has 0 radical (unpaired) electrons. The predicted octanol–water partition coefficient (Wildman–Crippen LogP) is 7.35. The highest BCUT2D eigenvalue weighted by atomic mass is 19.1. The fourth-order valence-corrected chi connectivity index (χ4v) is 4.50. The van der Waals surface area contributed by atoms with Crippen LogP contribution in [0.2, 0.25) is 0 Å². The number of nitrogens with zero attached hydrogens (tertiary/aromatic N) is 3. The third-order valence-electron chi connectivity index (χ3n) is 6.34. The molecule has 0 spiro atoms. The maximum atomic E-state index is 13.6. The van der Waals surface area contributed by atoms with Crippen molar-refractivity contribution in [3.63, 3.8) is 0 Å². The summed E-state index contributed by atoms with van der Waals surface area (Å²) >= 11 is 0. The smallest absolute Gasteiger partial charge is 0.255 e. The molecule has 0 aliphatic heterocycles. The molecule has 2 heterocycles. The van der Waals surface area contributed by atoms with Gasteiger partial charge >= 0.3 is 0 Å². The van der Waals surface area contributed by atoms with Gasteiger partial charge in [-0.25, -0.2) is 14.4 Å². The number of hydrogen-bond acceptors (Lipinski definition) is 6. The van der Waals surface area contributed by atoms with Gasteiger partial charge in [0, 0.05) is 61.2 Å². The van der Waals surface area contributed by atoms with Crippen LogP contribution < -0.4 is 10.2 Å². The van der Waals surface area contributed by atoms with Crippen molar-refractivity contribution in [1.82, 2.24) is 10.3 Å². The summed E-state index contributed by atoms with van der Waals surface area (Å²) < 4.78 is 25.7. The Bertz CT molecular complexity index is 1730. The number of benzene rings is 3. The number of amides is 1. The van der Waals surface area contributed by atoms with E-state index >= 15 is 0 Å². The number of carbonyl (C=O) groups excluding carboxylic acids is 1. The summed E-state index contributed by atoms with van der Waals surface area (Å²) in [5, 5.41) is 3.35. The number of nitrogens with one attached hydrogen (secondary N) is 1. The van der Waals surface area contributed by atoms with E-state index in [0.29, 0.717) is 45.3 Å². The SMILES string of the molecule is C=Cc1nc(-c2cccc(-c3cc4c(C(=O)NC)c(-c5ccc(F)cc5)oc4cc3N(C)C)c2)oc1/N=C\C. The number of aromatic nitrogens is 1. The van der Waals surface area contributed by atoms with E-state index in [-0.39, 0.29) is 11.7 Å². The largest absolute Gasteiger partial charge is 0.455 e. The van der Waals surface area contributed by atoms with Crippen LogP contribution in [0.3, 0.4) is 0 Å². The standard InChI is InChI=1S/C31H27FN4O3/c1-6-24-31(34-7-2)39-30(35-24)20-10-8-9-19(15-20)22-16-23-26(17-25(22)36(4)5)38-28(27(23)29(37)33-3)18-11-13-21(32)14-12-18/h6-17H,1H2,2-5H3,(H,33,37)/b34-7-. The molecule has 39 heavy (non-hydrogen) atoms. The molecule has 0 saturated carbocycles. The van der Waals surface area contributed by atoms with Crippen LogP contribution in [0.25, 0.3) is 51.0 Å². The maximum absolute atomic E-state index is 13.6. The molecule has 0 unspecified atom stereocenters. The van der Waals surface area contributed by atoms with Crippen LogP contribution in [0, 0.1) is 5.82 Å². The van der Waals surface area contributed by atoms with Crippen LogP contribution in [-0.4, -0.2) is 38.2 Å². The Hall–Kier alpha value is -4.98. The van der Waals surface area contributed by atoms with Crippen molar-refractivity contribution in [2.45, 2.75) is 6.92 Å². The molecule has 0 saturated heterocycles. The van der Waals surface area contributed by atoms with E-state index in [1.54, 1.807) is 38.4 Å². The number of anilines is 1. The van der Waals surface area contributed by atoms with Crippen LogP contribution in [-0.2, 0) is 0 Å². The molecular weight excluding hydrogens is 495 g/mol. The molecule has 0 aliphatic rings. The number of hydrogen-bond donors (Lipinski definition) is 1. The van der Waals surface area contributed by atoms with Crippen molar-refractivity contribution in [2.24, 2.45) is 4.99 Å². The quantitative estimate of drug-likeness (QED) is 0.226. The van der Waals surface area contributed by atoms with Crippen LogP contribution in [0.1, 0.15) is 23.0 Å². The predicted molar refractivity (Wildman–Crippen MR) is 154 cm³/mol. The lowest BCUT2D eigenvalue weighted by Gasteiger charge is -2.18. The third-order valence-corrected chi connectivity index (χ3v) is 6.34. The summed E-state index contributed by atoms with van der Waals surface area (Å²) in [6, 6.07) is 17.5. The summed E-state index contributed by atoms with van der Waals surface area (Å²) in [6.45, 7) is 5.61. The lowest BCUT2D eigenvalue weighted by atomic mass is 9.97. The Morgan fingerprint density at radius 2 is 1.79 bits per heavy atom. The fraction of sp³-hybridized carbons (Fsp3) is 0.129. The number of furan rings is 1. The van der Waals surface area contributed by atoms with Crippen LogP contribution in [0.15, 0.2) is 81.1 Å². The Kier molecular flexibility index (Phi) is 6.85. The highest BCUT2D eigenvalue weighted by Gasteiger charge is 2.24. The first-order valence-electron chi connectivity index (χ1n) is 12.3. The number of halogens is 1. The molecule has 0 bridgehead atoms. The maximum Gasteiger partial charge on any atom is 0.255 e. The van der Waals surface area contributed by atoms with E-state index in [9.17, 15) is 9.18 Å². The Morgan fingerprint density at radius 3 is 2.46 bits per heavy atom. The fourth-order valence-electron chi connectivity index (χ4n) is 4.50. The van der Waals surface area contributed by atoms with Gasteiger partial charge in [0.1, 0.15) is 22.9 Å². The Morgan fingerprint density at radius 1 is 1.05 bits per heavy atom. The number of carbonyl (C=O) groups is 1. The monoisotopic (exact) mass is 522 g/mol. The lowest BCUT2D eigenvalue weighted by Crippen LogP contribution is -2.18. The molecule has 1 amide bonds. The molecule has 1 N–H and O–H groups in total. The molecule has 5 rings (SSSR count). The zero-order chi connectivity index (χ0) is 27.7. The second kappa shape index (κ2) is 10.4. The second-order valence-electron chi connectivity index (χ2n) is 9.03. The van der Waals surface area contributed by atoms with Gasteiger partial charge in [-0.15, -0.1) is 0 Å². The van der Waals surface area contributed by atoms with Gasteiger partial charge in [-0.3, -0.25) is 4.79 Å². The van der Waals surface area contributed by atoms with Crippen LogP contribution in [0.4, 0.5) is 16.0 Å². The topological polar surface area (TPSA) is 83.9 Å². The van der Waals surface area contributed by atoms with Gasteiger partial charge in [-0.05, 0) is 61.0 Å². The zero-order valence-corrected chi connectivity index (χ0v) is 22.1. The van der Waals surface area contributed by atoms with Crippen molar-refractivity contribution >= 4 is 40.7 Å². The third kappa shape index (κ3) is 4.72. The van der Waals surface area contributed by atoms with Crippen molar-refractivity contribution in [1.29, 1.82) is 0 Å². The summed E-state index contributed by atoms with van der Waals surface area (Å²) in [7, 11) is 5.45. The second-order valence-corrected chi connectivity index (χ2v) is 9.03. The van der Waals surface area contributed by atoms with Gasteiger partial charge in [0.2, 0.25) is 11.8 Å². The summed E-state index contributed by atoms with van der Waals surface area (Å²) in [5.74, 6) is 0.526. The molecule has 0 fully saturated rings. The van der Waals surface area contributed by atoms with Gasteiger partial charge in [-0.1, -0.05) is 18.7 Å². The van der Waals surface area contributed by atoms with E-state index in [4.69, 9.17) is 8.83 Å². The molecule has 8 heteroatoms.